The molecule has 2 heteroatoms. The fourth-order valence-electron chi connectivity index (χ4n) is 2.58. The number of ether oxygens (including phenoxy) is 1. The van der Waals surface area contributed by atoms with Crippen LogP contribution in [-0.2, 0) is 4.74 Å². The number of rotatable bonds is 8. The molecule has 0 bridgehead atoms. The molecule has 1 fully saturated rings. The van der Waals surface area contributed by atoms with E-state index in [0.717, 1.165) is 25.6 Å². The molecule has 2 atom stereocenters. The van der Waals surface area contributed by atoms with Crippen molar-refractivity contribution in [1.82, 2.24) is 5.32 Å². The molecule has 1 rings (SSSR count). The van der Waals surface area contributed by atoms with Gasteiger partial charge in [0.2, 0.25) is 0 Å². The minimum atomic E-state index is 0.483. The maximum Gasteiger partial charge on any atom is 0.0690 e. The van der Waals surface area contributed by atoms with Gasteiger partial charge in [-0.15, -0.1) is 0 Å². The van der Waals surface area contributed by atoms with E-state index in [9.17, 15) is 0 Å². The van der Waals surface area contributed by atoms with Crippen LogP contribution in [0, 0.1) is 5.92 Å². The Kier molecular flexibility index (Phi) is 7.54. The zero-order chi connectivity index (χ0) is 12.5. The van der Waals surface area contributed by atoms with Crippen LogP contribution in [0.2, 0.25) is 0 Å². The Hall–Kier alpha value is -0.340. The molecule has 0 saturated heterocycles. The van der Waals surface area contributed by atoms with Gasteiger partial charge in [-0.3, -0.25) is 0 Å². The smallest absolute Gasteiger partial charge is 0.0690 e. The van der Waals surface area contributed by atoms with Crippen molar-refractivity contribution in [1.29, 1.82) is 0 Å². The van der Waals surface area contributed by atoms with Gasteiger partial charge in [-0.25, -0.2) is 0 Å². The fraction of sp³-hybridized carbons (Fsp3) is 0.867. The molecule has 0 radical (unpaired) electrons. The molecule has 100 valence electrons. The van der Waals surface area contributed by atoms with Crippen molar-refractivity contribution in [2.24, 2.45) is 5.92 Å². The quantitative estimate of drug-likeness (QED) is 0.517. The lowest BCUT2D eigenvalue weighted by Crippen LogP contribution is -2.29. The van der Waals surface area contributed by atoms with E-state index in [4.69, 9.17) is 4.74 Å². The summed E-state index contributed by atoms with van der Waals surface area (Å²) in [4.78, 5) is 0. The van der Waals surface area contributed by atoms with Crippen LogP contribution in [0.1, 0.15) is 52.4 Å². The van der Waals surface area contributed by atoms with Gasteiger partial charge >= 0.3 is 0 Å². The monoisotopic (exact) mass is 239 g/mol. The molecule has 0 amide bonds. The first-order valence-electron chi connectivity index (χ1n) is 7.26. The van der Waals surface area contributed by atoms with Crippen LogP contribution in [0.5, 0.6) is 0 Å². The Balaban J connectivity index is 2.17. The minimum absolute atomic E-state index is 0.483. The highest BCUT2D eigenvalue weighted by molar-refractivity contribution is 4.97. The average Bonchev–Trinajstić information content (AvgIpc) is 2.37. The predicted molar refractivity (Wildman–Crippen MR) is 74.3 cm³/mol. The van der Waals surface area contributed by atoms with Gasteiger partial charge in [0, 0.05) is 6.54 Å². The molecule has 17 heavy (non-hydrogen) atoms. The number of hydrogen-bond donors (Lipinski definition) is 1. The summed E-state index contributed by atoms with van der Waals surface area (Å²) < 4.78 is 6.04. The number of hydrogen-bond acceptors (Lipinski definition) is 2. The van der Waals surface area contributed by atoms with Gasteiger partial charge in [0.05, 0.1) is 12.7 Å². The highest BCUT2D eigenvalue weighted by Crippen LogP contribution is 2.29. The van der Waals surface area contributed by atoms with E-state index in [2.05, 4.69) is 25.7 Å². The first-order chi connectivity index (χ1) is 8.27. The van der Waals surface area contributed by atoms with Crippen LogP contribution in [0.25, 0.3) is 0 Å². The topological polar surface area (TPSA) is 21.3 Å². The Bertz CT molecular complexity index is 215. The van der Waals surface area contributed by atoms with E-state index in [1.54, 1.807) is 0 Å². The van der Waals surface area contributed by atoms with Crippen LogP contribution in [0.4, 0.5) is 0 Å². The Morgan fingerprint density at radius 1 is 1.29 bits per heavy atom. The first-order valence-corrected chi connectivity index (χ1v) is 7.26. The van der Waals surface area contributed by atoms with Crippen molar-refractivity contribution >= 4 is 0 Å². The summed E-state index contributed by atoms with van der Waals surface area (Å²) in [6.07, 6.45) is 8.23. The molecule has 0 aliphatic heterocycles. The van der Waals surface area contributed by atoms with Crippen LogP contribution in [0.3, 0.4) is 0 Å². The lowest BCUT2D eigenvalue weighted by atomic mass is 9.85. The molecular formula is C15H29NO. The lowest BCUT2D eigenvalue weighted by molar-refractivity contribution is -0.000894. The molecular weight excluding hydrogens is 210 g/mol. The highest BCUT2D eigenvalue weighted by Gasteiger charge is 2.24. The van der Waals surface area contributed by atoms with Gasteiger partial charge in [0.1, 0.15) is 0 Å². The van der Waals surface area contributed by atoms with Crippen molar-refractivity contribution in [3.63, 3.8) is 0 Å². The second-order valence-corrected chi connectivity index (χ2v) is 5.23. The third-order valence-corrected chi connectivity index (χ3v) is 3.67. The van der Waals surface area contributed by atoms with Crippen LogP contribution >= 0.6 is 0 Å². The largest absolute Gasteiger partial charge is 0.374 e. The van der Waals surface area contributed by atoms with E-state index < -0.39 is 0 Å². The van der Waals surface area contributed by atoms with E-state index in [-0.39, 0.29) is 0 Å². The zero-order valence-corrected chi connectivity index (χ0v) is 11.6. The molecule has 0 aromatic carbocycles. The molecule has 1 saturated carbocycles. The van der Waals surface area contributed by atoms with Crippen molar-refractivity contribution in [3.8, 4) is 0 Å². The molecule has 0 aromatic rings. The van der Waals surface area contributed by atoms with Gasteiger partial charge in [-0.05, 0) is 37.3 Å². The lowest BCUT2D eigenvalue weighted by Gasteiger charge is -2.31. The SMILES string of the molecule is C=C(CNCCC)COC1CCCCC1CC. The Labute approximate surface area is 107 Å². The molecule has 0 spiro atoms. The third-order valence-electron chi connectivity index (χ3n) is 3.67. The van der Waals surface area contributed by atoms with Crippen LogP contribution in [-0.4, -0.2) is 25.8 Å². The molecule has 0 aromatic heterocycles. The normalized spacial score (nSPS) is 24.8. The maximum absolute atomic E-state index is 6.04. The molecule has 0 heterocycles. The summed E-state index contributed by atoms with van der Waals surface area (Å²) in [5.41, 5.74) is 1.18. The van der Waals surface area contributed by atoms with Crippen LogP contribution in [0.15, 0.2) is 12.2 Å². The third kappa shape index (κ3) is 5.69. The summed E-state index contributed by atoms with van der Waals surface area (Å²) in [6.45, 7) is 11.2. The molecule has 2 unspecified atom stereocenters. The summed E-state index contributed by atoms with van der Waals surface area (Å²) in [5, 5.41) is 3.37. The summed E-state index contributed by atoms with van der Waals surface area (Å²) >= 11 is 0. The first kappa shape index (κ1) is 14.7. The summed E-state index contributed by atoms with van der Waals surface area (Å²) in [6, 6.07) is 0. The second kappa shape index (κ2) is 8.71. The molecule has 1 aliphatic carbocycles. The van der Waals surface area contributed by atoms with Crippen molar-refractivity contribution in [3.05, 3.63) is 12.2 Å². The predicted octanol–water partition coefficient (Wildman–Crippen LogP) is 3.53. The van der Waals surface area contributed by atoms with Gasteiger partial charge in [0.15, 0.2) is 0 Å². The average molecular weight is 239 g/mol. The Morgan fingerprint density at radius 2 is 2.06 bits per heavy atom. The molecule has 2 nitrogen and oxygen atoms in total. The summed E-state index contributed by atoms with van der Waals surface area (Å²) in [5.74, 6) is 0.778. The second-order valence-electron chi connectivity index (χ2n) is 5.23. The Morgan fingerprint density at radius 3 is 2.76 bits per heavy atom. The van der Waals surface area contributed by atoms with Crippen LogP contribution < -0.4 is 5.32 Å². The van der Waals surface area contributed by atoms with Crippen molar-refractivity contribution in [2.45, 2.75) is 58.5 Å². The fourth-order valence-corrected chi connectivity index (χ4v) is 2.58. The molecule has 1 N–H and O–H groups in total. The van der Waals surface area contributed by atoms with E-state index in [1.807, 2.05) is 0 Å². The van der Waals surface area contributed by atoms with E-state index in [0.29, 0.717) is 6.10 Å². The van der Waals surface area contributed by atoms with Crippen molar-refractivity contribution in [2.75, 3.05) is 19.7 Å². The van der Waals surface area contributed by atoms with Gasteiger partial charge in [-0.2, -0.15) is 0 Å². The highest BCUT2D eigenvalue weighted by atomic mass is 16.5. The van der Waals surface area contributed by atoms with Gasteiger partial charge < -0.3 is 10.1 Å². The van der Waals surface area contributed by atoms with Gasteiger partial charge in [0.25, 0.3) is 0 Å². The number of nitrogens with one attached hydrogen (secondary N) is 1. The standard InChI is InChI=1S/C15H29NO/c1-4-10-16-11-13(3)12-17-15-9-7-6-8-14(15)5-2/h14-16H,3-12H2,1-2H3. The zero-order valence-electron chi connectivity index (χ0n) is 11.6. The van der Waals surface area contributed by atoms with E-state index >= 15 is 0 Å². The van der Waals surface area contributed by atoms with Gasteiger partial charge in [-0.1, -0.05) is 39.7 Å². The summed E-state index contributed by atoms with van der Waals surface area (Å²) in [7, 11) is 0. The minimum Gasteiger partial charge on any atom is -0.374 e. The van der Waals surface area contributed by atoms with E-state index in [1.165, 1.54) is 44.1 Å². The van der Waals surface area contributed by atoms with Crippen molar-refractivity contribution < 1.29 is 4.74 Å². The molecule has 1 aliphatic rings. The maximum atomic E-state index is 6.04.